The van der Waals surface area contributed by atoms with E-state index < -0.39 is 14.9 Å². The van der Waals surface area contributed by atoms with Crippen molar-refractivity contribution in [2.24, 2.45) is 0 Å². The van der Waals surface area contributed by atoms with E-state index in [4.69, 9.17) is 11.6 Å². The van der Waals surface area contributed by atoms with Gasteiger partial charge in [0.25, 0.3) is 10.0 Å². The van der Waals surface area contributed by atoms with Gasteiger partial charge in [-0.15, -0.1) is 11.3 Å². The summed E-state index contributed by atoms with van der Waals surface area (Å²) in [5.74, 6) is -0.350. The monoisotopic (exact) mass is 383 g/mol. The van der Waals surface area contributed by atoms with Gasteiger partial charge in [0.05, 0.1) is 5.69 Å². The lowest BCUT2D eigenvalue weighted by atomic mass is 10.3. The van der Waals surface area contributed by atoms with E-state index >= 15 is 0 Å². The first-order chi connectivity index (χ1) is 11.3. The zero-order chi connectivity index (χ0) is 17.5. The number of pyridine rings is 1. The van der Waals surface area contributed by atoms with Gasteiger partial charge in [-0.1, -0.05) is 11.6 Å². The Hall–Kier alpha value is -2.23. The normalized spacial score (nSPS) is 11.6. The van der Waals surface area contributed by atoms with E-state index in [1.54, 1.807) is 23.6 Å². The van der Waals surface area contributed by atoms with Crippen LogP contribution in [-0.2, 0) is 10.0 Å². The number of hydrogen-bond donors (Lipinski definition) is 0. The van der Waals surface area contributed by atoms with Gasteiger partial charge in [0.2, 0.25) is 0 Å². The second kappa shape index (κ2) is 6.00. The number of halogens is 1. The Morgan fingerprint density at radius 2 is 2.04 bits per heavy atom. The highest BCUT2D eigenvalue weighted by atomic mass is 35.5. The van der Waals surface area contributed by atoms with Crippen LogP contribution in [0.3, 0.4) is 0 Å². The van der Waals surface area contributed by atoms with Gasteiger partial charge in [-0.05, 0) is 34.2 Å². The van der Waals surface area contributed by atoms with Crippen molar-refractivity contribution in [3.8, 4) is 0 Å². The third-order valence-electron chi connectivity index (χ3n) is 3.42. The SMILES string of the molecule is CN(c1ccc([N+](=O)[O-])nc1)S(=O)(=O)c1csc2ccc(Cl)cc12. The summed E-state index contributed by atoms with van der Waals surface area (Å²) in [7, 11) is -2.48. The molecule has 0 aliphatic carbocycles. The predicted octanol–water partition coefficient (Wildman–Crippen LogP) is 3.68. The summed E-state index contributed by atoms with van der Waals surface area (Å²) >= 11 is 7.26. The maximum Gasteiger partial charge on any atom is 0.363 e. The zero-order valence-corrected chi connectivity index (χ0v) is 14.6. The molecule has 0 N–H and O–H groups in total. The Morgan fingerprint density at radius 3 is 2.67 bits per heavy atom. The largest absolute Gasteiger partial charge is 0.363 e. The summed E-state index contributed by atoms with van der Waals surface area (Å²) < 4.78 is 27.6. The van der Waals surface area contributed by atoms with E-state index in [1.807, 2.05) is 0 Å². The first-order valence-electron chi connectivity index (χ1n) is 6.57. The third-order valence-corrected chi connectivity index (χ3v) is 6.59. The van der Waals surface area contributed by atoms with Crippen LogP contribution in [0.2, 0.25) is 5.02 Å². The van der Waals surface area contributed by atoms with Gasteiger partial charge in [-0.25, -0.2) is 8.42 Å². The Balaban J connectivity index is 2.05. The molecule has 2 aromatic heterocycles. The summed E-state index contributed by atoms with van der Waals surface area (Å²) in [6.45, 7) is 0. The van der Waals surface area contributed by atoms with Gasteiger partial charge >= 0.3 is 5.82 Å². The number of nitrogens with zero attached hydrogens (tertiary/aromatic N) is 3. The van der Waals surface area contributed by atoms with Crippen LogP contribution in [-0.4, -0.2) is 25.4 Å². The number of rotatable bonds is 4. The molecule has 0 saturated carbocycles. The molecule has 0 amide bonds. The number of thiophene rings is 1. The summed E-state index contributed by atoms with van der Waals surface area (Å²) in [4.78, 5) is 13.8. The molecule has 3 rings (SSSR count). The van der Waals surface area contributed by atoms with Crippen LogP contribution in [0.25, 0.3) is 10.1 Å². The molecule has 0 bridgehead atoms. The van der Waals surface area contributed by atoms with Crippen molar-refractivity contribution in [2.75, 3.05) is 11.4 Å². The van der Waals surface area contributed by atoms with Gasteiger partial charge < -0.3 is 10.1 Å². The van der Waals surface area contributed by atoms with Gasteiger partial charge in [-0.2, -0.15) is 0 Å². The molecule has 0 spiro atoms. The number of hydrogen-bond acceptors (Lipinski definition) is 6. The number of benzene rings is 1. The van der Waals surface area contributed by atoms with Crippen LogP contribution in [0.15, 0.2) is 46.8 Å². The van der Waals surface area contributed by atoms with E-state index in [-0.39, 0.29) is 16.4 Å². The van der Waals surface area contributed by atoms with Crippen molar-refractivity contribution in [1.82, 2.24) is 4.98 Å². The highest BCUT2D eigenvalue weighted by molar-refractivity contribution is 7.93. The van der Waals surface area contributed by atoms with Gasteiger partial charge in [0.1, 0.15) is 4.90 Å². The third kappa shape index (κ3) is 2.81. The van der Waals surface area contributed by atoms with Crippen LogP contribution in [0.4, 0.5) is 11.5 Å². The molecule has 0 radical (unpaired) electrons. The van der Waals surface area contributed by atoms with Crippen LogP contribution in [0.5, 0.6) is 0 Å². The van der Waals surface area contributed by atoms with Gasteiger partial charge in [0.15, 0.2) is 6.20 Å². The number of anilines is 1. The zero-order valence-electron chi connectivity index (χ0n) is 12.2. The van der Waals surface area contributed by atoms with Crippen molar-refractivity contribution in [2.45, 2.75) is 4.90 Å². The van der Waals surface area contributed by atoms with Crippen LogP contribution in [0.1, 0.15) is 0 Å². The molecule has 0 saturated heterocycles. The van der Waals surface area contributed by atoms with E-state index in [0.29, 0.717) is 10.4 Å². The van der Waals surface area contributed by atoms with Crippen molar-refractivity contribution in [1.29, 1.82) is 0 Å². The van der Waals surface area contributed by atoms with E-state index in [1.165, 1.54) is 24.5 Å². The molecular weight excluding hydrogens is 374 g/mol. The van der Waals surface area contributed by atoms with Crippen molar-refractivity contribution >= 4 is 54.6 Å². The standard InChI is InChI=1S/C14H10ClN3O4S2/c1-17(10-3-5-14(16-7-10)18(19)20)24(21,22)13-8-23-12-4-2-9(15)6-11(12)13/h2-8H,1H3. The van der Waals surface area contributed by atoms with Crippen LogP contribution < -0.4 is 4.31 Å². The molecular formula is C14H10ClN3O4S2. The molecule has 7 nitrogen and oxygen atoms in total. The molecule has 24 heavy (non-hydrogen) atoms. The molecule has 124 valence electrons. The molecule has 0 atom stereocenters. The fraction of sp³-hybridized carbons (Fsp3) is 0.0714. The molecule has 10 heteroatoms. The van der Waals surface area contributed by atoms with Crippen molar-refractivity contribution in [3.63, 3.8) is 0 Å². The van der Waals surface area contributed by atoms with Gasteiger partial charge in [0, 0.05) is 33.6 Å². The highest BCUT2D eigenvalue weighted by Gasteiger charge is 2.26. The second-order valence-corrected chi connectivity index (χ2v) is 8.13. The average Bonchev–Trinajstić information content (AvgIpc) is 2.97. The predicted molar refractivity (Wildman–Crippen MR) is 93.3 cm³/mol. The minimum atomic E-state index is -3.85. The van der Waals surface area contributed by atoms with Crippen molar-refractivity contribution < 1.29 is 13.3 Å². The van der Waals surface area contributed by atoms with E-state index in [0.717, 1.165) is 21.3 Å². The summed E-state index contributed by atoms with van der Waals surface area (Å²) in [5, 5.41) is 13.2. The molecule has 3 aromatic rings. The lowest BCUT2D eigenvalue weighted by molar-refractivity contribution is -0.389. The van der Waals surface area contributed by atoms with E-state index in [2.05, 4.69) is 4.98 Å². The quantitative estimate of drug-likeness (QED) is 0.506. The minimum absolute atomic E-state index is 0.130. The topological polar surface area (TPSA) is 93.4 Å². The van der Waals surface area contributed by atoms with Crippen molar-refractivity contribution in [3.05, 3.63) is 57.0 Å². The molecule has 0 aliphatic rings. The number of aromatic nitrogens is 1. The molecule has 1 aromatic carbocycles. The lowest BCUT2D eigenvalue weighted by Crippen LogP contribution is -2.26. The Bertz CT molecular complexity index is 1030. The Morgan fingerprint density at radius 1 is 1.29 bits per heavy atom. The maximum absolute atomic E-state index is 12.9. The Labute approximate surface area is 146 Å². The molecule has 0 fully saturated rings. The number of fused-ring (bicyclic) bond motifs is 1. The number of sulfonamides is 1. The summed E-state index contributed by atoms with van der Waals surface area (Å²) in [6.07, 6.45) is 1.15. The fourth-order valence-electron chi connectivity index (χ4n) is 2.14. The minimum Gasteiger partial charge on any atom is -0.358 e. The first-order valence-corrected chi connectivity index (χ1v) is 9.26. The van der Waals surface area contributed by atoms with Crippen LogP contribution in [0, 0.1) is 10.1 Å². The molecule has 2 heterocycles. The lowest BCUT2D eigenvalue weighted by Gasteiger charge is -2.17. The van der Waals surface area contributed by atoms with E-state index in [9.17, 15) is 18.5 Å². The second-order valence-electron chi connectivity index (χ2n) is 4.84. The Kier molecular flexibility index (Phi) is 4.16. The average molecular weight is 384 g/mol. The number of nitro groups is 1. The first kappa shape index (κ1) is 16.6. The summed E-state index contributed by atoms with van der Waals surface area (Å²) in [5.41, 5.74) is 0.224. The smallest absolute Gasteiger partial charge is 0.358 e. The molecule has 0 unspecified atom stereocenters. The molecule has 0 aliphatic heterocycles. The van der Waals surface area contributed by atoms with Gasteiger partial charge in [-0.3, -0.25) is 4.31 Å². The van der Waals surface area contributed by atoms with Crippen LogP contribution >= 0.6 is 22.9 Å². The maximum atomic E-state index is 12.9. The fourth-order valence-corrected chi connectivity index (χ4v) is 4.93. The summed E-state index contributed by atoms with van der Waals surface area (Å²) in [6, 6.07) is 7.55. The highest BCUT2D eigenvalue weighted by Crippen LogP contribution is 2.34.